The number of aromatic nitrogens is 2. The van der Waals surface area contributed by atoms with Crippen LogP contribution in [0.4, 0.5) is 19.0 Å². The monoisotopic (exact) mass is 227 g/mol. The summed E-state index contributed by atoms with van der Waals surface area (Å²) in [6, 6.07) is 6.43. The number of alkyl halides is 3. The molecule has 84 valence electrons. The lowest BCUT2D eigenvalue weighted by atomic mass is 10.3. The molecule has 2 aromatic rings. The number of anilines is 1. The molecule has 0 spiro atoms. The van der Waals surface area contributed by atoms with Crippen molar-refractivity contribution < 1.29 is 13.2 Å². The van der Waals surface area contributed by atoms with Gasteiger partial charge < -0.3 is 5.32 Å². The Labute approximate surface area is 89.3 Å². The maximum atomic E-state index is 12.6. The van der Waals surface area contributed by atoms with Crippen LogP contribution in [-0.4, -0.2) is 17.0 Å². The van der Waals surface area contributed by atoms with E-state index < -0.39 is 11.9 Å². The van der Waals surface area contributed by atoms with Crippen molar-refractivity contribution in [3.8, 4) is 0 Å². The van der Waals surface area contributed by atoms with Crippen molar-refractivity contribution in [2.75, 3.05) is 12.4 Å². The summed E-state index contributed by atoms with van der Waals surface area (Å²) in [5, 5.41) is 2.40. The van der Waals surface area contributed by atoms with E-state index in [9.17, 15) is 13.2 Å². The van der Waals surface area contributed by atoms with Crippen molar-refractivity contribution in [3.63, 3.8) is 0 Å². The predicted octanol–water partition coefficient (Wildman–Crippen LogP) is 2.69. The molecule has 0 aliphatic heterocycles. The standard InChI is InChI=1S/C10H8F3N3/c1-14-9-8(10(11,12)13)15-6-4-2-3-5-7(6)16-9/h2-5H,1H3,(H,14,16). The second kappa shape index (κ2) is 3.62. The third-order valence-electron chi connectivity index (χ3n) is 2.08. The number of hydrogen-bond acceptors (Lipinski definition) is 3. The molecule has 0 unspecified atom stereocenters. The molecule has 0 saturated carbocycles. The first kappa shape index (κ1) is 10.7. The van der Waals surface area contributed by atoms with Crippen LogP contribution in [0, 0.1) is 0 Å². The molecule has 1 heterocycles. The lowest BCUT2D eigenvalue weighted by molar-refractivity contribution is -0.140. The number of benzene rings is 1. The van der Waals surface area contributed by atoms with Gasteiger partial charge in [0.15, 0.2) is 11.5 Å². The first-order chi connectivity index (χ1) is 7.52. The Bertz CT molecular complexity index is 522. The van der Waals surface area contributed by atoms with Gasteiger partial charge in [0.2, 0.25) is 0 Å². The minimum atomic E-state index is -4.50. The van der Waals surface area contributed by atoms with Gasteiger partial charge in [-0.15, -0.1) is 0 Å². The van der Waals surface area contributed by atoms with Gasteiger partial charge in [-0.1, -0.05) is 12.1 Å². The van der Waals surface area contributed by atoms with Crippen molar-refractivity contribution in [1.29, 1.82) is 0 Å². The van der Waals surface area contributed by atoms with Gasteiger partial charge in [0.25, 0.3) is 0 Å². The Balaban J connectivity index is 2.73. The smallest absolute Gasteiger partial charge is 0.371 e. The fourth-order valence-corrected chi connectivity index (χ4v) is 1.37. The molecule has 0 fully saturated rings. The van der Waals surface area contributed by atoms with E-state index in [-0.39, 0.29) is 11.3 Å². The van der Waals surface area contributed by atoms with E-state index in [1.54, 1.807) is 18.2 Å². The number of hydrogen-bond donors (Lipinski definition) is 1. The Morgan fingerprint density at radius 3 is 2.12 bits per heavy atom. The molecule has 2 rings (SSSR count). The first-order valence-electron chi connectivity index (χ1n) is 4.54. The Morgan fingerprint density at radius 1 is 1.06 bits per heavy atom. The summed E-state index contributed by atoms with van der Waals surface area (Å²) < 4.78 is 37.9. The van der Waals surface area contributed by atoms with Crippen LogP contribution in [-0.2, 0) is 6.18 Å². The minimum Gasteiger partial charge on any atom is -0.371 e. The maximum absolute atomic E-state index is 12.6. The third kappa shape index (κ3) is 1.78. The lowest BCUT2D eigenvalue weighted by Gasteiger charge is -2.11. The van der Waals surface area contributed by atoms with Crippen LogP contribution in [0.1, 0.15) is 5.69 Å². The minimum absolute atomic E-state index is 0.230. The molecule has 16 heavy (non-hydrogen) atoms. The van der Waals surface area contributed by atoms with Gasteiger partial charge in [-0.2, -0.15) is 13.2 Å². The van der Waals surface area contributed by atoms with Crippen LogP contribution >= 0.6 is 0 Å². The zero-order valence-electron chi connectivity index (χ0n) is 8.34. The zero-order chi connectivity index (χ0) is 11.8. The van der Waals surface area contributed by atoms with Gasteiger partial charge in [0.05, 0.1) is 11.0 Å². The largest absolute Gasteiger partial charge is 0.437 e. The molecule has 1 aromatic heterocycles. The van der Waals surface area contributed by atoms with Crippen LogP contribution in [0.25, 0.3) is 11.0 Å². The Hall–Kier alpha value is -1.85. The number of nitrogens with one attached hydrogen (secondary N) is 1. The van der Waals surface area contributed by atoms with Crippen molar-refractivity contribution in [2.45, 2.75) is 6.18 Å². The molecule has 1 N–H and O–H groups in total. The number of para-hydroxylation sites is 2. The van der Waals surface area contributed by atoms with Gasteiger partial charge in [0.1, 0.15) is 0 Å². The van der Waals surface area contributed by atoms with E-state index in [2.05, 4.69) is 15.3 Å². The van der Waals surface area contributed by atoms with Crippen LogP contribution in [0.5, 0.6) is 0 Å². The number of nitrogens with zero attached hydrogens (tertiary/aromatic N) is 2. The van der Waals surface area contributed by atoms with Crippen LogP contribution in [0.15, 0.2) is 24.3 Å². The van der Waals surface area contributed by atoms with E-state index in [0.29, 0.717) is 5.52 Å². The third-order valence-corrected chi connectivity index (χ3v) is 2.08. The van der Waals surface area contributed by atoms with Gasteiger partial charge in [-0.3, -0.25) is 0 Å². The van der Waals surface area contributed by atoms with Crippen molar-refractivity contribution in [2.24, 2.45) is 0 Å². The highest BCUT2D eigenvalue weighted by Crippen LogP contribution is 2.33. The zero-order valence-corrected chi connectivity index (χ0v) is 8.34. The number of halogens is 3. The molecule has 0 radical (unpaired) electrons. The molecular weight excluding hydrogens is 219 g/mol. The molecule has 0 saturated heterocycles. The summed E-state index contributed by atoms with van der Waals surface area (Å²) in [4.78, 5) is 7.43. The molecule has 0 amide bonds. The molecule has 1 aromatic carbocycles. The summed E-state index contributed by atoms with van der Waals surface area (Å²) in [7, 11) is 1.38. The normalized spacial score (nSPS) is 11.8. The van der Waals surface area contributed by atoms with Crippen molar-refractivity contribution >= 4 is 16.9 Å². The maximum Gasteiger partial charge on any atom is 0.437 e. The lowest BCUT2D eigenvalue weighted by Crippen LogP contribution is -2.13. The summed E-state index contributed by atoms with van der Waals surface area (Å²) in [6.45, 7) is 0. The quantitative estimate of drug-likeness (QED) is 0.813. The average molecular weight is 227 g/mol. The van der Waals surface area contributed by atoms with E-state index in [1.807, 2.05) is 0 Å². The number of fused-ring (bicyclic) bond motifs is 1. The summed E-state index contributed by atoms with van der Waals surface area (Å²) in [5.41, 5.74) is -0.331. The highest BCUT2D eigenvalue weighted by Gasteiger charge is 2.36. The van der Waals surface area contributed by atoms with E-state index in [0.717, 1.165) is 0 Å². The van der Waals surface area contributed by atoms with Gasteiger partial charge in [0, 0.05) is 7.05 Å². The highest BCUT2D eigenvalue weighted by atomic mass is 19.4. The van der Waals surface area contributed by atoms with E-state index >= 15 is 0 Å². The van der Waals surface area contributed by atoms with E-state index in [4.69, 9.17) is 0 Å². The summed E-state index contributed by atoms with van der Waals surface area (Å²) >= 11 is 0. The number of rotatable bonds is 1. The van der Waals surface area contributed by atoms with Gasteiger partial charge >= 0.3 is 6.18 Å². The fourth-order valence-electron chi connectivity index (χ4n) is 1.37. The summed E-state index contributed by atoms with van der Waals surface area (Å²) in [5.74, 6) is -0.258. The first-order valence-corrected chi connectivity index (χ1v) is 4.54. The molecular formula is C10H8F3N3. The molecule has 0 aliphatic carbocycles. The van der Waals surface area contributed by atoms with Crippen LogP contribution < -0.4 is 5.32 Å². The van der Waals surface area contributed by atoms with Crippen LogP contribution in [0.2, 0.25) is 0 Å². The molecule has 0 aliphatic rings. The molecule has 0 bridgehead atoms. The molecule has 3 nitrogen and oxygen atoms in total. The van der Waals surface area contributed by atoms with Crippen LogP contribution in [0.3, 0.4) is 0 Å². The van der Waals surface area contributed by atoms with Gasteiger partial charge in [-0.05, 0) is 12.1 Å². The Morgan fingerprint density at radius 2 is 1.62 bits per heavy atom. The topological polar surface area (TPSA) is 37.8 Å². The SMILES string of the molecule is CNc1nc2ccccc2nc1C(F)(F)F. The van der Waals surface area contributed by atoms with Crippen molar-refractivity contribution in [1.82, 2.24) is 9.97 Å². The molecule has 6 heteroatoms. The molecule has 0 atom stereocenters. The van der Waals surface area contributed by atoms with E-state index in [1.165, 1.54) is 13.1 Å². The fraction of sp³-hybridized carbons (Fsp3) is 0.200. The second-order valence-electron chi connectivity index (χ2n) is 3.16. The van der Waals surface area contributed by atoms with Gasteiger partial charge in [-0.25, -0.2) is 9.97 Å². The predicted molar refractivity (Wildman–Crippen MR) is 54.1 cm³/mol. The Kier molecular flexibility index (Phi) is 2.41. The average Bonchev–Trinajstić information content (AvgIpc) is 2.26. The van der Waals surface area contributed by atoms with Crippen molar-refractivity contribution in [3.05, 3.63) is 30.0 Å². The highest BCUT2D eigenvalue weighted by molar-refractivity contribution is 5.76. The summed E-state index contributed by atoms with van der Waals surface area (Å²) in [6.07, 6.45) is -4.50. The second-order valence-corrected chi connectivity index (χ2v) is 3.16.